The second-order valence-electron chi connectivity index (χ2n) is 15.1. The number of aromatic nitrogens is 4. The van der Waals surface area contributed by atoms with Gasteiger partial charge in [0.25, 0.3) is 0 Å². The molecule has 2 aliphatic carbocycles. The summed E-state index contributed by atoms with van der Waals surface area (Å²) < 4.78 is 9.22. The standard InChI is InChI=1S/C51H35N5O/c1-3-14-32(15-4-1)33-26-28-34(29-27-33)49-52-50(54-51(53-49)56-41-22-10-7-18-36(41)37-19-8-11-23-42(37)56)40-21-13-25-45-46(40)39-30-31-44-47(48(39)57-45)38-20-9-12-24-43(38)55(44)35-16-5-2-6-17-35/h1-19,21-31,38-39,48H,20H2. The molecule has 0 saturated carbocycles. The molecule has 3 atom stereocenters. The summed E-state index contributed by atoms with van der Waals surface area (Å²) in [4.78, 5) is 18.3. The highest BCUT2D eigenvalue weighted by molar-refractivity contribution is 6.09. The molecular weight excluding hydrogens is 699 g/mol. The van der Waals surface area contributed by atoms with Crippen molar-refractivity contribution >= 4 is 27.5 Å². The lowest BCUT2D eigenvalue weighted by atomic mass is 9.79. The van der Waals surface area contributed by atoms with Crippen molar-refractivity contribution in [2.45, 2.75) is 18.4 Å². The predicted octanol–water partition coefficient (Wildman–Crippen LogP) is 11.6. The van der Waals surface area contributed by atoms with Gasteiger partial charge in [-0.05, 0) is 60.0 Å². The van der Waals surface area contributed by atoms with Crippen LogP contribution in [0, 0.1) is 5.92 Å². The Morgan fingerprint density at radius 1 is 0.596 bits per heavy atom. The molecule has 2 aliphatic heterocycles. The van der Waals surface area contributed by atoms with Crippen molar-refractivity contribution in [2.75, 3.05) is 4.90 Å². The normalized spacial score (nSPS) is 19.0. The summed E-state index contributed by atoms with van der Waals surface area (Å²) in [5.74, 6) is 2.94. The maximum absolute atomic E-state index is 7.04. The molecule has 4 heterocycles. The van der Waals surface area contributed by atoms with E-state index in [9.17, 15) is 0 Å². The van der Waals surface area contributed by atoms with Crippen LogP contribution in [0.1, 0.15) is 17.9 Å². The van der Waals surface area contributed by atoms with Crippen LogP contribution in [0.5, 0.6) is 5.75 Å². The maximum atomic E-state index is 7.04. The summed E-state index contributed by atoms with van der Waals surface area (Å²) in [5, 5.41) is 2.31. The first kappa shape index (κ1) is 32.0. The van der Waals surface area contributed by atoms with E-state index >= 15 is 0 Å². The van der Waals surface area contributed by atoms with Gasteiger partial charge in [-0.15, -0.1) is 0 Å². The third-order valence-electron chi connectivity index (χ3n) is 12.0. The van der Waals surface area contributed by atoms with Gasteiger partial charge in [0.15, 0.2) is 11.6 Å². The van der Waals surface area contributed by atoms with Crippen LogP contribution in [0.3, 0.4) is 0 Å². The molecule has 6 heteroatoms. The van der Waals surface area contributed by atoms with Gasteiger partial charge in [-0.2, -0.15) is 9.97 Å². The number of nitrogens with zero attached hydrogens (tertiary/aromatic N) is 5. The monoisotopic (exact) mass is 733 g/mol. The molecule has 0 N–H and O–H groups in total. The average Bonchev–Trinajstić information content (AvgIpc) is 3.95. The fraction of sp³-hybridized carbons (Fsp3) is 0.0784. The fourth-order valence-corrected chi connectivity index (χ4v) is 9.45. The van der Waals surface area contributed by atoms with E-state index in [1.54, 1.807) is 0 Å². The molecule has 12 rings (SSSR count). The van der Waals surface area contributed by atoms with Crippen LogP contribution < -0.4 is 9.64 Å². The first-order valence-corrected chi connectivity index (χ1v) is 19.6. The minimum absolute atomic E-state index is 0.000102. The lowest BCUT2D eigenvalue weighted by Gasteiger charge is -2.26. The third-order valence-corrected chi connectivity index (χ3v) is 12.0. The Hall–Kier alpha value is -7.31. The van der Waals surface area contributed by atoms with E-state index < -0.39 is 0 Å². The van der Waals surface area contributed by atoms with Crippen LogP contribution in [0.15, 0.2) is 199 Å². The minimum atomic E-state index is -0.140. The number of hydrogen-bond acceptors (Lipinski definition) is 5. The van der Waals surface area contributed by atoms with Crippen LogP contribution in [-0.4, -0.2) is 25.6 Å². The highest BCUT2D eigenvalue weighted by Crippen LogP contribution is 2.55. The number of rotatable bonds is 5. The van der Waals surface area contributed by atoms with Crippen molar-refractivity contribution in [3.8, 4) is 45.6 Å². The minimum Gasteiger partial charge on any atom is -0.485 e. The van der Waals surface area contributed by atoms with Crippen LogP contribution >= 0.6 is 0 Å². The molecule has 0 bridgehead atoms. The van der Waals surface area contributed by atoms with E-state index in [1.165, 1.54) is 28.2 Å². The van der Waals surface area contributed by atoms with Gasteiger partial charge in [0.1, 0.15) is 11.9 Å². The van der Waals surface area contributed by atoms with Gasteiger partial charge in [0.05, 0.1) is 11.0 Å². The van der Waals surface area contributed by atoms with E-state index in [0.29, 0.717) is 17.6 Å². The number of anilines is 1. The van der Waals surface area contributed by atoms with Crippen LogP contribution in [0.25, 0.3) is 61.7 Å². The van der Waals surface area contributed by atoms with Gasteiger partial charge in [-0.1, -0.05) is 140 Å². The molecule has 2 aromatic heterocycles. The van der Waals surface area contributed by atoms with Crippen LogP contribution in [0.2, 0.25) is 0 Å². The van der Waals surface area contributed by atoms with Crippen molar-refractivity contribution in [3.05, 3.63) is 205 Å². The van der Waals surface area contributed by atoms with Crippen molar-refractivity contribution < 1.29 is 4.74 Å². The van der Waals surface area contributed by atoms with Crippen molar-refractivity contribution in [3.63, 3.8) is 0 Å². The molecule has 0 amide bonds. The largest absolute Gasteiger partial charge is 0.485 e. The van der Waals surface area contributed by atoms with Gasteiger partial charge in [0.2, 0.25) is 5.95 Å². The summed E-state index contributed by atoms with van der Waals surface area (Å²) >= 11 is 0. The zero-order chi connectivity index (χ0) is 37.5. The molecule has 57 heavy (non-hydrogen) atoms. The molecule has 6 aromatic carbocycles. The summed E-state index contributed by atoms with van der Waals surface area (Å²) in [6.07, 6.45) is 12.2. The van der Waals surface area contributed by atoms with Crippen molar-refractivity contribution in [2.24, 2.45) is 5.92 Å². The van der Waals surface area contributed by atoms with Gasteiger partial charge in [-0.3, -0.25) is 4.57 Å². The van der Waals surface area contributed by atoms with E-state index in [0.717, 1.165) is 56.2 Å². The van der Waals surface area contributed by atoms with E-state index in [4.69, 9.17) is 19.7 Å². The van der Waals surface area contributed by atoms with Crippen molar-refractivity contribution in [1.29, 1.82) is 0 Å². The zero-order valence-electron chi connectivity index (χ0n) is 30.9. The zero-order valence-corrected chi connectivity index (χ0v) is 30.9. The van der Waals surface area contributed by atoms with E-state index in [-0.39, 0.29) is 17.9 Å². The Bertz CT molecular complexity index is 2980. The molecule has 0 radical (unpaired) electrons. The molecule has 3 unspecified atom stereocenters. The molecule has 0 fully saturated rings. The van der Waals surface area contributed by atoms with Crippen molar-refractivity contribution in [1.82, 2.24) is 19.5 Å². The number of allylic oxidation sites excluding steroid dienone is 5. The number of benzene rings is 6. The first-order valence-electron chi connectivity index (χ1n) is 19.6. The number of hydrogen-bond donors (Lipinski definition) is 0. The summed E-state index contributed by atoms with van der Waals surface area (Å²) in [5.41, 5.74) is 12.4. The van der Waals surface area contributed by atoms with Crippen LogP contribution in [0.4, 0.5) is 5.69 Å². The average molecular weight is 734 g/mol. The molecule has 4 aliphatic rings. The predicted molar refractivity (Wildman–Crippen MR) is 228 cm³/mol. The fourth-order valence-electron chi connectivity index (χ4n) is 9.45. The Labute approximate surface area is 330 Å². The molecular formula is C51H35N5O. The number of ether oxygens (including phenoxy) is 1. The molecule has 270 valence electrons. The molecule has 0 spiro atoms. The Kier molecular flexibility index (Phi) is 7.08. The quantitative estimate of drug-likeness (QED) is 0.176. The third kappa shape index (κ3) is 4.93. The van der Waals surface area contributed by atoms with Gasteiger partial charge < -0.3 is 9.64 Å². The summed E-state index contributed by atoms with van der Waals surface area (Å²) in [7, 11) is 0. The number of fused-ring (bicyclic) bond motifs is 9. The molecule has 0 saturated heterocycles. The van der Waals surface area contributed by atoms with E-state index in [1.807, 2.05) is 6.07 Å². The van der Waals surface area contributed by atoms with Gasteiger partial charge >= 0.3 is 0 Å². The summed E-state index contributed by atoms with van der Waals surface area (Å²) in [6.45, 7) is 0. The highest BCUT2D eigenvalue weighted by Gasteiger charge is 2.48. The lowest BCUT2D eigenvalue weighted by Crippen LogP contribution is -2.27. The highest BCUT2D eigenvalue weighted by atomic mass is 16.5. The van der Waals surface area contributed by atoms with E-state index in [2.05, 4.69) is 185 Å². The summed E-state index contributed by atoms with van der Waals surface area (Å²) in [6, 6.07) is 52.9. The topological polar surface area (TPSA) is 56.1 Å². The second-order valence-corrected chi connectivity index (χ2v) is 15.1. The lowest BCUT2D eigenvalue weighted by molar-refractivity contribution is 0.244. The van der Waals surface area contributed by atoms with Gasteiger partial charge in [-0.25, -0.2) is 4.98 Å². The molecule has 6 nitrogen and oxygen atoms in total. The van der Waals surface area contributed by atoms with Crippen LogP contribution in [-0.2, 0) is 0 Å². The molecule has 8 aromatic rings. The Morgan fingerprint density at radius 3 is 2.04 bits per heavy atom. The van der Waals surface area contributed by atoms with Gasteiger partial charge in [0, 0.05) is 62.0 Å². The smallest absolute Gasteiger partial charge is 0.238 e. The second kappa shape index (κ2) is 12.6. The maximum Gasteiger partial charge on any atom is 0.238 e. The first-order chi connectivity index (χ1) is 28.3. The SMILES string of the molecule is C1=CCC2C(=C1)N(c1ccccc1)C1=C2C2Oc3cccc(-c4nc(-c5ccc(-c6ccccc6)cc5)nc(-n5c6ccccc6c6ccccc65)n4)c3C2C=C1. The Balaban J connectivity index is 1.02. The Morgan fingerprint density at radius 2 is 1.26 bits per heavy atom. The number of para-hydroxylation sites is 3.